The average molecular weight is 226 g/mol. The normalized spacial score (nSPS) is 23.6. The highest BCUT2D eigenvalue weighted by Gasteiger charge is 2.13. The van der Waals surface area contributed by atoms with Gasteiger partial charge in [0.2, 0.25) is 0 Å². The first-order chi connectivity index (χ1) is 7.68. The van der Waals surface area contributed by atoms with Gasteiger partial charge in [-0.15, -0.1) is 0 Å². The SMILES string of the molecule is CC(C)CCCC(C)NCC1CCCNC1. The number of hydrogen-bond donors (Lipinski definition) is 2. The number of nitrogens with one attached hydrogen (secondary N) is 2. The molecule has 2 heteroatoms. The number of rotatable bonds is 7. The van der Waals surface area contributed by atoms with Crippen molar-refractivity contribution in [3.63, 3.8) is 0 Å². The van der Waals surface area contributed by atoms with E-state index in [4.69, 9.17) is 0 Å². The zero-order chi connectivity index (χ0) is 11.8. The minimum absolute atomic E-state index is 0.695. The van der Waals surface area contributed by atoms with Gasteiger partial charge in [-0.25, -0.2) is 0 Å². The van der Waals surface area contributed by atoms with Crippen LogP contribution in [0.15, 0.2) is 0 Å². The van der Waals surface area contributed by atoms with E-state index in [0.717, 1.165) is 11.8 Å². The third-order valence-corrected chi connectivity index (χ3v) is 3.57. The minimum Gasteiger partial charge on any atom is -0.316 e. The third kappa shape index (κ3) is 6.49. The number of piperidine rings is 1. The maximum Gasteiger partial charge on any atom is 0.00388 e. The van der Waals surface area contributed by atoms with Crippen molar-refractivity contribution in [2.75, 3.05) is 19.6 Å². The Morgan fingerprint density at radius 1 is 1.25 bits per heavy atom. The summed E-state index contributed by atoms with van der Waals surface area (Å²) in [7, 11) is 0. The monoisotopic (exact) mass is 226 g/mol. The van der Waals surface area contributed by atoms with Crippen LogP contribution < -0.4 is 10.6 Å². The molecule has 0 radical (unpaired) electrons. The largest absolute Gasteiger partial charge is 0.316 e. The van der Waals surface area contributed by atoms with Gasteiger partial charge in [0.15, 0.2) is 0 Å². The van der Waals surface area contributed by atoms with Crippen LogP contribution in [-0.4, -0.2) is 25.7 Å². The van der Waals surface area contributed by atoms with Crippen LogP contribution in [0.3, 0.4) is 0 Å². The summed E-state index contributed by atoms with van der Waals surface area (Å²) < 4.78 is 0. The molecule has 2 N–H and O–H groups in total. The molecule has 1 heterocycles. The summed E-state index contributed by atoms with van der Waals surface area (Å²) in [5.74, 6) is 1.72. The smallest absolute Gasteiger partial charge is 0.00388 e. The molecule has 2 atom stereocenters. The Kier molecular flexibility index (Phi) is 7.06. The van der Waals surface area contributed by atoms with Crippen molar-refractivity contribution in [3.8, 4) is 0 Å². The molecule has 0 saturated carbocycles. The second-order valence-electron chi connectivity index (χ2n) is 5.85. The number of hydrogen-bond acceptors (Lipinski definition) is 2. The first-order valence-corrected chi connectivity index (χ1v) is 7.12. The molecule has 1 rings (SSSR count). The first kappa shape index (κ1) is 14.0. The molecule has 0 aromatic rings. The van der Waals surface area contributed by atoms with E-state index in [1.807, 2.05) is 0 Å². The molecule has 96 valence electrons. The van der Waals surface area contributed by atoms with Crippen LogP contribution >= 0.6 is 0 Å². The van der Waals surface area contributed by atoms with E-state index in [1.54, 1.807) is 0 Å². The topological polar surface area (TPSA) is 24.1 Å². The highest BCUT2D eigenvalue weighted by atomic mass is 14.9. The summed E-state index contributed by atoms with van der Waals surface area (Å²) in [4.78, 5) is 0. The maximum absolute atomic E-state index is 3.69. The van der Waals surface area contributed by atoms with Crippen molar-refractivity contribution in [1.29, 1.82) is 0 Å². The Bertz CT molecular complexity index is 162. The van der Waals surface area contributed by atoms with E-state index >= 15 is 0 Å². The van der Waals surface area contributed by atoms with Crippen LogP contribution in [0.25, 0.3) is 0 Å². The fourth-order valence-electron chi connectivity index (χ4n) is 2.40. The zero-order valence-electron chi connectivity index (χ0n) is 11.4. The molecule has 0 aliphatic carbocycles. The molecule has 16 heavy (non-hydrogen) atoms. The van der Waals surface area contributed by atoms with Gasteiger partial charge < -0.3 is 10.6 Å². The molecular weight excluding hydrogens is 196 g/mol. The fraction of sp³-hybridized carbons (Fsp3) is 1.00. The summed E-state index contributed by atoms with van der Waals surface area (Å²) in [6.07, 6.45) is 6.83. The van der Waals surface area contributed by atoms with E-state index in [9.17, 15) is 0 Å². The molecule has 0 aromatic heterocycles. The van der Waals surface area contributed by atoms with Gasteiger partial charge in [-0.2, -0.15) is 0 Å². The van der Waals surface area contributed by atoms with Crippen LogP contribution in [0.4, 0.5) is 0 Å². The maximum atomic E-state index is 3.69. The molecule has 1 aliphatic rings. The van der Waals surface area contributed by atoms with Crippen LogP contribution in [0.5, 0.6) is 0 Å². The lowest BCUT2D eigenvalue weighted by Gasteiger charge is -2.25. The van der Waals surface area contributed by atoms with Gasteiger partial charge in [-0.05, 0) is 57.7 Å². The molecule has 2 nitrogen and oxygen atoms in total. The van der Waals surface area contributed by atoms with Crippen molar-refractivity contribution in [3.05, 3.63) is 0 Å². The lowest BCUT2D eigenvalue weighted by Crippen LogP contribution is -2.38. The quantitative estimate of drug-likeness (QED) is 0.697. The lowest BCUT2D eigenvalue weighted by atomic mass is 9.98. The zero-order valence-corrected chi connectivity index (χ0v) is 11.4. The van der Waals surface area contributed by atoms with E-state index in [1.165, 1.54) is 51.7 Å². The Morgan fingerprint density at radius 2 is 2.06 bits per heavy atom. The van der Waals surface area contributed by atoms with Gasteiger partial charge in [0.05, 0.1) is 0 Å². The van der Waals surface area contributed by atoms with E-state index < -0.39 is 0 Å². The summed E-state index contributed by atoms with van der Waals surface area (Å²) >= 11 is 0. The predicted molar refractivity (Wildman–Crippen MR) is 71.7 cm³/mol. The molecule has 1 fully saturated rings. The fourth-order valence-corrected chi connectivity index (χ4v) is 2.40. The van der Waals surface area contributed by atoms with Gasteiger partial charge in [0.25, 0.3) is 0 Å². The first-order valence-electron chi connectivity index (χ1n) is 7.12. The van der Waals surface area contributed by atoms with Gasteiger partial charge in [-0.1, -0.05) is 26.7 Å². The molecule has 1 aliphatic heterocycles. The van der Waals surface area contributed by atoms with Crippen LogP contribution in [0, 0.1) is 11.8 Å². The van der Waals surface area contributed by atoms with Gasteiger partial charge in [-0.3, -0.25) is 0 Å². The van der Waals surface area contributed by atoms with E-state index in [-0.39, 0.29) is 0 Å². The second-order valence-corrected chi connectivity index (χ2v) is 5.85. The third-order valence-electron chi connectivity index (χ3n) is 3.57. The van der Waals surface area contributed by atoms with E-state index in [0.29, 0.717) is 6.04 Å². The van der Waals surface area contributed by atoms with E-state index in [2.05, 4.69) is 31.4 Å². The molecular formula is C14H30N2. The van der Waals surface area contributed by atoms with Gasteiger partial charge in [0.1, 0.15) is 0 Å². The van der Waals surface area contributed by atoms with Gasteiger partial charge in [0, 0.05) is 6.04 Å². The summed E-state index contributed by atoms with van der Waals surface area (Å²) in [6, 6.07) is 0.695. The molecule has 0 amide bonds. The average Bonchev–Trinajstić information content (AvgIpc) is 2.27. The minimum atomic E-state index is 0.695. The highest BCUT2D eigenvalue weighted by molar-refractivity contribution is 4.72. The van der Waals surface area contributed by atoms with Crippen LogP contribution in [0.2, 0.25) is 0 Å². The van der Waals surface area contributed by atoms with Gasteiger partial charge >= 0.3 is 0 Å². The molecule has 0 bridgehead atoms. The predicted octanol–water partition coefficient (Wildman–Crippen LogP) is 2.79. The molecule has 1 saturated heterocycles. The molecule has 0 aromatic carbocycles. The standard InChI is InChI=1S/C14H30N2/c1-12(2)6-4-7-13(3)16-11-14-8-5-9-15-10-14/h12-16H,4-11H2,1-3H3. The second kappa shape index (κ2) is 8.08. The summed E-state index contributed by atoms with van der Waals surface area (Å²) in [5.41, 5.74) is 0. The molecule has 2 unspecified atom stereocenters. The Morgan fingerprint density at radius 3 is 2.69 bits per heavy atom. The Labute approximate surface area is 102 Å². The van der Waals surface area contributed by atoms with Crippen molar-refractivity contribution in [2.24, 2.45) is 11.8 Å². The van der Waals surface area contributed by atoms with Crippen LogP contribution in [0.1, 0.15) is 52.9 Å². The lowest BCUT2D eigenvalue weighted by molar-refractivity contribution is 0.339. The Hall–Kier alpha value is -0.0800. The van der Waals surface area contributed by atoms with Crippen molar-refractivity contribution < 1.29 is 0 Å². The van der Waals surface area contributed by atoms with Crippen molar-refractivity contribution in [2.45, 2.75) is 58.9 Å². The summed E-state index contributed by atoms with van der Waals surface area (Å²) in [6.45, 7) is 10.6. The van der Waals surface area contributed by atoms with Crippen molar-refractivity contribution in [1.82, 2.24) is 10.6 Å². The molecule has 0 spiro atoms. The highest BCUT2D eigenvalue weighted by Crippen LogP contribution is 2.11. The van der Waals surface area contributed by atoms with Crippen molar-refractivity contribution >= 4 is 0 Å². The summed E-state index contributed by atoms with van der Waals surface area (Å²) in [5, 5.41) is 7.16. The van der Waals surface area contributed by atoms with Crippen LogP contribution in [-0.2, 0) is 0 Å². The Balaban J connectivity index is 1.98.